The molecule has 4 nitrogen and oxygen atoms in total. The van der Waals surface area contributed by atoms with Crippen LogP contribution in [0.25, 0.3) is 42.6 Å². The maximum absolute atomic E-state index is 4.15. The normalized spacial score (nSPS) is 10.6. The first kappa shape index (κ1) is 30.1. The van der Waals surface area contributed by atoms with Crippen molar-refractivity contribution in [2.24, 2.45) is 21.1 Å². The Morgan fingerprint density at radius 2 is 1.33 bits per heavy atom. The van der Waals surface area contributed by atoms with E-state index in [-0.39, 0.29) is 0 Å². The predicted molar refractivity (Wildman–Crippen MR) is 182 cm³/mol. The third kappa shape index (κ3) is 6.82. The van der Waals surface area contributed by atoms with E-state index < -0.39 is 0 Å². The molecule has 0 spiro atoms. The lowest BCUT2D eigenvalue weighted by Gasteiger charge is -2.04. The van der Waals surface area contributed by atoms with E-state index in [2.05, 4.69) is 152 Å². The summed E-state index contributed by atoms with van der Waals surface area (Å²) in [6.07, 6.45) is 3.90. The van der Waals surface area contributed by atoms with Gasteiger partial charge < -0.3 is 0 Å². The van der Waals surface area contributed by atoms with Gasteiger partial charge in [0.25, 0.3) is 5.01 Å². The van der Waals surface area contributed by atoms with Crippen molar-refractivity contribution in [3.8, 4) is 32.4 Å². The van der Waals surface area contributed by atoms with Gasteiger partial charge in [0.1, 0.15) is 23.7 Å². The van der Waals surface area contributed by atoms with E-state index in [1.54, 1.807) is 11.3 Å². The summed E-state index contributed by atoms with van der Waals surface area (Å²) in [4.78, 5) is 1.36. The second-order valence-electron chi connectivity index (χ2n) is 10.5. The van der Waals surface area contributed by atoms with Crippen LogP contribution in [0.5, 0.6) is 0 Å². The highest BCUT2D eigenvalue weighted by Gasteiger charge is 2.19. The largest absolute Gasteiger partial charge is 0.270 e. The molecule has 0 fully saturated rings. The van der Waals surface area contributed by atoms with Gasteiger partial charge in [0.05, 0.1) is 11.3 Å². The van der Waals surface area contributed by atoms with E-state index in [9.17, 15) is 0 Å². The molecule has 0 radical (unpaired) electrons. The van der Waals surface area contributed by atoms with Crippen molar-refractivity contribution in [2.75, 3.05) is 0 Å². The average Bonchev–Trinajstić information content (AvgIpc) is 3.73. The van der Waals surface area contributed by atoms with Crippen molar-refractivity contribution < 1.29 is 9.13 Å². The lowest BCUT2D eigenvalue weighted by molar-refractivity contribution is -0.660. The van der Waals surface area contributed by atoms with E-state index in [0.717, 1.165) is 5.69 Å². The number of hydrogen-bond acceptors (Lipinski definition) is 3. The fourth-order valence-electron chi connectivity index (χ4n) is 5.04. The Labute approximate surface area is 262 Å². The highest BCUT2D eigenvalue weighted by Crippen LogP contribution is 2.30. The smallest absolute Gasteiger partial charge is 0.268 e. The zero-order chi connectivity index (χ0) is 30.3. The molecule has 0 unspecified atom stereocenters. The van der Waals surface area contributed by atoms with Gasteiger partial charge in [-0.3, -0.25) is 4.68 Å². The molecule has 0 N–H and O–H groups in total. The van der Waals surface area contributed by atoms with Gasteiger partial charge in [0.15, 0.2) is 6.20 Å². The van der Waals surface area contributed by atoms with Gasteiger partial charge in [-0.2, -0.15) is 9.67 Å². The molecule has 0 bridgehead atoms. The van der Waals surface area contributed by atoms with Crippen LogP contribution in [0.1, 0.15) is 16.7 Å². The van der Waals surface area contributed by atoms with Crippen molar-refractivity contribution in [1.82, 2.24) is 9.78 Å². The van der Waals surface area contributed by atoms with Crippen LogP contribution in [0.2, 0.25) is 0 Å². The lowest BCUT2D eigenvalue weighted by atomic mass is 10.1. The number of pyridine rings is 1. The zero-order valence-electron chi connectivity index (χ0n) is 25.7. The number of thiazole rings is 1. The molecule has 0 amide bonds. The predicted octanol–water partition coefficient (Wildman–Crippen LogP) is 8.64. The number of aryl methyl sites for hydroxylation is 6. The molecule has 6 heteroatoms. The van der Waals surface area contributed by atoms with Crippen molar-refractivity contribution in [1.29, 1.82) is 0 Å². The van der Waals surface area contributed by atoms with Crippen molar-refractivity contribution in [3.63, 3.8) is 0 Å². The minimum atomic E-state index is 1.16. The molecule has 0 aliphatic carbocycles. The highest BCUT2D eigenvalue weighted by molar-refractivity contribution is 7.21. The number of para-hydroxylation sites is 1. The Morgan fingerprint density at radius 1 is 0.674 bits per heavy atom. The molecule has 0 saturated heterocycles. The average molecular weight is 603 g/mol. The van der Waals surface area contributed by atoms with E-state index in [4.69, 9.17) is 0 Å². The minimum absolute atomic E-state index is 1.16. The Hall–Kier alpha value is -4.39. The molecule has 4 aromatic heterocycles. The van der Waals surface area contributed by atoms with Crippen molar-refractivity contribution in [2.45, 2.75) is 20.8 Å². The molecule has 0 aliphatic heterocycles. The number of thiophene rings is 1. The quantitative estimate of drug-likeness (QED) is 0.186. The molecule has 4 heterocycles. The molecule has 216 valence electrons. The number of benzene rings is 3. The van der Waals surface area contributed by atoms with E-state index in [1.807, 2.05) is 41.4 Å². The van der Waals surface area contributed by atoms with Crippen LogP contribution < -0.4 is 9.13 Å². The number of rotatable bonds is 3. The third-order valence-electron chi connectivity index (χ3n) is 7.50. The first-order chi connectivity index (χ1) is 20.8. The van der Waals surface area contributed by atoms with Crippen LogP contribution in [0.4, 0.5) is 0 Å². The summed E-state index contributed by atoms with van der Waals surface area (Å²) < 4.78 is 7.66. The summed E-state index contributed by atoms with van der Waals surface area (Å²) in [5, 5.41) is 7.61. The Balaban J connectivity index is 0.000000130. The van der Waals surface area contributed by atoms with Crippen LogP contribution in [0, 0.1) is 20.8 Å². The molecule has 7 aromatic rings. The van der Waals surface area contributed by atoms with E-state index in [0.29, 0.717) is 0 Å². The minimum Gasteiger partial charge on any atom is -0.268 e. The van der Waals surface area contributed by atoms with Gasteiger partial charge in [-0.1, -0.05) is 65.9 Å². The summed E-state index contributed by atoms with van der Waals surface area (Å²) in [6, 6.07) is 35.9. The van der Waals surface area contributed by atoms with Crippen LogP contribution in [0.15, 0.2) is 121 Å². The third-order valence-corrected chi connectivity index (χ3v) is 9.80. The van der Waals surface area contributed by atoms with Crippen LogP contribution in [-0.2, 0) is 21.1 Å². The molecule has 0 aliphatic rings. The summed E-state index contributed by atoms with van der Waals surface area (Å²) >= 11 is 3.65. The van der Waals surface area contributed by atoms with E-state index in [1.165, 1.54) is 53.6 Å². The lowest BCUT2D eigenvalue weighted by Crippen LogP contribution is -2.29. The van der Waals surface area contributed by atoms with E-state index >= 15 is 0 Å². The standard InChI is InChI=1S/C15H14NS.C11H12N2.C11H12NS/c1-11-7-3-4-8-12(11)15-16(2)13-9-5-6-10-14(13)17-15;1-9-5-3-4-6-10(9)11-7-8-12-13(11)2;1-9-6-8-13-11(9)10-5-3-4-7-12(10)2/h3-10H,1-2H3;2*3-8H,1-2H3/q+1;;+1. The van der Waals surface area contributed by atoms with Crippen LogP contribution in [-0.4, -0.2) is 9.78 Å². The molecule has 7 rings (SSSR count). The summed E-state index contributed by atoms with van der Waals surface area (Å²) in [6.45, 7) is 6.43. The highest BCUT2D eigenvalue weighted by atomic mass is 32.1. The SMILES string of the molecule is Cc1ccccc1-c1ccnn1C.Cc1ccccc1-c1sc2ccccc2[n+]1C.Cc1ccsc1-c1cccc[n+]1C. The van der Waals surface area contributed by atoms with Crippen LogP contribution in [0.3, 0.4) is 0 Å². The second-order valence-corrected chi connectivity index (χ2v) is 12.5. The second kappa shape index (κ2) is 13.7. The Bertz CT molecular complexity index is 1880. The van der Waals surface area contributed by atoms with Gasteiger partial charge >= 0.3 is 0 Å². The molecule has 3 aromatic carbocycles. The molecule has 0 saturated carbocycles. The number of nitrogens with zero attached hydrogens (tertiary/aromatic N) is 4. The van der Waals surface area contributed by atoms with Crippen LogP contribution >= 0.6 is 22.7 Å². The van der Waals surface area contributed by atoms with Gasteiger partial charge in [0.2, 0.25) is 11.2 Å². The first-order valence-electron chi connectivity index (χ1n) is 14.3. The molecular formula is C37H38N4S2+2. The summed E-state index contributed by atoms with van der Waals surface area (Å²) in [7, 11) is 6.18. The van der Waals surface area contributed by atoms with Gasteiger partial charge in [-0.25, -0.2) is 4.57 Å². The number of fused-ring (bicyclic) bond motifs is 1. The van der Waals surface area contributed by atoms with Crippen molar-refractivity contribution >= 4 is 32.9 Å². The topological polar surface area (TPSA) is 25.6 Å². The summed E-state index contributed by atoms with van der Waals surface area (Å²) in [5.74, 6) is 0. The van der Waals surface area contributed by atoms with Gasteiger partial charge in [-0.05, 0) is 73.2 Å². The fourth-order valence-corrected chi connectivity index (χ4v) is 7.28. The molecule has 43 heavy (non-hydrogen) atoms. The molecule has 0 atom stereocenters. The molecular weight excluding hydrogens is 565 g/mol. The number of hydrogen-bond donors (Lipinski definition) is 0. The zero-order valence-corrected chi connectivity index (χ0v) is 27.3. The Kier molecular flexibility index (Phi) is 9.60. The summed E-state index contributed by atoms with van der Waals surface area (Å²) in [5.41, 5.74) is 10.3. The number of aromatic nitrogens is 4. The first-order valence-corrected chi connectivity index (χ1v) is 16.0. The Morgan fingerprint density at radius 3 is 1.93 bits per heavy atom. The maximum Gasteiger partial charge on any atom is 0.270 e. The fraction of sp³-hybridized carbons (Fsp3) is 0.162. The monoisotopic (exact) mass is 602 g/mol. The van der Waals surface area contributed by atoms with Gasteiger partial charge in [0, 0.05) is 37.0 Å². The van der Waals surface area contributed by atoms with Crippen molar-refractivity contribution in [3.05, 3.63) is 138 Å². The van der Waals surface area contributed by atoms with Gasteiger partial charge in [-0.15, -0.1) is 11.3 Å². The maximum atomic E-state index is 4.15.